The molecule has 166 valence electrons. The monoisotopic (exact) mass is 443 g/mol. The van der Waals surface area contributed by atoms with E-state index in [0.717, 1.165) is 5.56 Å². The summed E-state index contributed by atoms with van der Waals surface area (Å²) in [4.78, 5) is 17.2. The minimum absolute atomic E-state index is 0.0566. The highest BCUT2D eigenvalue weighted by molar-refractivity contribution is 5.75. The van der Waals surface area contributed by atoms with Gasteiger partial charge in [-0.2, -0.15) is 13.2 Å². The summed E-state index contributed by atoms with van der Waals surface area (Å²) in [6.07, 6.45) is -3.28. The molecule has 32 heavy (non-hydrogen) atoms. The number of hydrogen-bond acceptors (Lipinski definition) is 4. The molecule has 0 radical (unpaired) electrons. The molecule has 0 N–H and O–H groups in total. The molecular weight excluding hydrogens is 423 g/mol. The van der Waals surface area contributed by atoms with Crippen LogP contribution in [0, 0.1) is 0 Å². The third-order valence-electron chi connectivity index (χ3n) is 4.81. The average molecular weight is 443 g/mol. The van der Waals surface area contributed by atoms with Gasteiger partial charge in [-0.25, -0.2) is 14.3 Å². The van der Waals surface area contributed by atoms with Crippen LogP contribution in [0.1, 0.15) is 12.5 Å². The standard InChI is InChI=1S/C23H20F3N3O3/c1-2-28-20-12-19(32-15-23(24,25)26)13-27-21(20)29(22(28)30)17-8-10-18(11-9-17)31-14-16-6-4-3-5-7-16/h3-13H,2,14-15H2,1H3. The zero-order valence-corrected chi connectivity index (χ0v) is 17.2. The van der Waals surface area contributed by atoms with Gasteiger partial charge in [0.25, 0.3) is 0 Å². The number of alkyl halides is 3. The summed E-state index contributed by atoms with van der Waals surface area (Å²) in [5.74, 6) is 0.583. The Balaban J connectivity index is 1.62. The number of nitrogens with zero attached hydrogens (tertiary/aromatic N) is 3. The van der Waals surface area contributed by atoms with Crippen molar-refractivity contribution in [2.45, 2.75) is 26.3 Å². The second kappa shape index (κ2) is 8.78. The summed E-state index contributed by atoms with van der Waals surface area (Å²) >= 11 is 0. The number of benzene rings is 2. The first-order chi connectivity index (χ1) is 15.4. The first-order valence-corrected chi connectivity index (χ1v) is 9.94. The molecule has 6 nitrogen and oxygen atoms in total. The summed E-state index contributed by atoms with van der Waals surface area (Å²) in [6.45, 7) is 1.08. The maximum atomic E-state index is 13.0. The van der Waals surface area contributed by atoms with E-state index >= 15 is 0 Å². The maximum absolute atomic E-state index is 13.0. The largest absolute Gasteiger partial charge is 0.489 e. The fraction of sp³-hybridized carbons (Fsp3) is 0.217. The fourth-order valence-electron chi connectivity index (χ4n) is 3.33. The van der Waals surface area contributed by atoms with Gasteiger partial charge in [0.1, 0.15) is 18.1 Å². The summed E-state index contributed by atoms with van der Waals surface area (Å²) in [6, 6.07) is 18.1. The molecule has 0 saturated heterocycles. The molecular formula is C23H20F3N3O3. The maximum Gasteiger partial charge on any atom is 0.422 e. The Morgan fingerprint density at radius 2 is 1.69 bits per heavy atom. The second-order valence-corrected chi connectivity index (χ2v) is 7.05. The zero-order valence-electron chi connectivity index (χ0n) is 17.2. The number of aromatic nitrogens is 3. The number of aryl methyl sites for hydroxylation is 1. The molecule has 0 aliphatic carbocycles. The van der Waals surface area contributed by atoms with Crippen LogP contribution in [0.3, 0.4) is 0 Å². The van der Waals surface area contributed by atoms with Crippen molar-refractivity contribution >= 4 is 11.2 Å². The lowest BCUT2D eigenvalue weighted by Gasteiger charge is -2.09. The smallest absolute Gasteiger partial charge is 0.422 e. The van der Waals surface area contributed by atoms with Crippen LogP contribution in [-0.2, 0) is 13.2 Å². The molecule has 4 rings (SSSR count). The van der Waals surface area contributed by atoms with Gasteiger partial charge in [-0.3, -0.25) is 4.57 Å². The molecule has 0 spiro atoms. The molecule has 0 fully saturated rings. The first-order valence-electron chi connectivity index (χ1n) is 9.94. The fourth-order valence-corrected chi connectivity index (χ4v) is 3.33. The van der Waals surface area contributed by atoms with E-state index in [4.69, 9.17) is 9.47 Å². The van der Waals surface area contributed by atoms with Crippen molar-refractivity contribution in [1.82, 2.24) is 14.1 Å². The molecule has 9 heteroatoms. The number of rotatable bonds is 7. The number of halogens is 3. The van der Waals surface area contributed by atoms with E-state index in [1.807, 2.05) is 30.3 Å². The quantitative estimate of drug-likeness (QED) is 0.415. The number of imidazole rings is 1. The van der Waals surface area contributed by atoms with Gasteiger partial charge in [-0.05, 0) is 36.8 Å². The van der Waals surface area contributed by atoms with Crippen molar-refractivity contribution in [3.63, 3.8) is 0 Å². The van der Waals surface area contributed by atoms with E-state index in [1.54, 1.807) is 31.2 Å². The number of ether oxygens (including phenoxy) is 2. The Morgan fingerprint density at radius 1 is 0.969 bits per heavy atom. The first kappa shape index (κ1) is 21.5. The van der Waals surface area contributed by atoms with Crippen LogP contribution in [-0.4, -0.2) is 26.9 Å². The van der Waals surface area contributed by atoms with Crippen molar-refractivity contribution < 1.29 is 22.6 Å². The van der Waals surface area contributed by atoms with Gasteiger partial charge < -0.3 is 9.47 Å². The molecule has 0 amide bonds. The minimum atomic E-state index is -4.46. The number of hydrogen-bond donors (Lipinski definition) is 0. The number of fused-ring (bicyclic) bond motifs is 1. The summed E-state index contributed by atoms with van der Waals surface area (Å²) in [5, 5.41) is 0. The third-order valence-corrected chi connectivity index (χ3v) is 4.81. The van der Waals surface area contributed by atoms with Gasteiger partial charge >= 0.3 is 11.9 Å². The Morgan fingerprint density at radius 3 is 2.34 bits per heavy atom. The van der Waals surface area contributed by atoms with Gasteiger partial charge in [0.15, 0.2) is 12.3 Å². The van der Waals surface area contributed by atoms with E-state index in [-0.39, 0.29) is 11.4 Å². The van der Waals surface area contributed by atoms with Crippen LogP contribution in [0.5, 0.6) is 11.5 Å². The van der Waals surface area contributed by atoms with Crippen LogP contribution in [0.25, 0.3) is 16.9 Å². The van der Waals surface area contributed by atoms with Crippen molar-refractivity contribution in [2.24, 2.45) is 0 Å². The Hall–Kier alpha value is -3.75. The van der Waals surface area contributed by atoms with Crippen molar-refractivity contribution in [1.29, 1.82) is 0 Å². The van der Waals surface area contributed by atoms with Crippen LogP contribution < -0.4 is 15.2 Å². The van der Waals surface area contributed by atoms with Gasteiger partial charge in [0, 0.05) is 12.6 Å². The van der Waals surface area contributed by atoms with Crippen LogP contribution in [0.4, 0.5) is 13.2 Å². The molecule has 0 aliphatic rings. The molecule has 0 atom stereocenters. The lowest BCUT2D eigenvalue weighted by atomic mass is 10.2. The minimum Gasteiger partial charge on any atom is -0.489 e. The summed E-state index contributed by atoms with van der Waals surface area (Å²) < 4.78 is 50.8. The molecule has 2 aromatic heterocycles. The topological polar surface area (TPSA) is 58.3 Å². The van der Waals surface area contributed by atoms with Crippen LogP contribution in [0.15, 0.2) is 71.7 Å². The highest BCUT2D eigenvalue weighted by Gasteiger charge is 2.28. The Kier molecular flexibility index (Phi) is 5.89. The highest BCUT2D eigenvalue weighted by atomic mass is 19.4. The van der Waals surface area contributed by atoms with Crippen LogP contribution in [0.2, 0.25) is 0 Å². The summed E-state index contributed by atoms with van der Waals surface area (Å²) in [7, 11) is 0. The van der Waals surface area contributed by atoms with Gasteiger partial charge in [-0.15, -0.1) is 0 Å². The van der Waals surface area contributed by atoms with Crippen molar-refractivity contribution in [2.75, 3.05) is 6.61 Å². The van der Waals surface area contributed by atoms with Crippen molar-refractivity contribution in [3.05, 3.63) is 82.9 Å². The SMILES string of the molecule is CCn1c(=O)n(-c2ccc(OCc3ccccc3)cc2)c2ncc(OCC(F)(F)F)cc21. The van der Waals surface area contributed by atoms with Crippen LogP contribution >= 0.6 is 0 Å². The predicted octanol–water partition coefficient (Wildman–Crippen LogP) is 4.73. The molecule has 4 aromatic rings. The van der Waals surface area contributed by atoms with Gasteiger partial charge in [0.2, 0.25) is 0 Å². The van der Waals surface area contributed by atoms with E-state index in [1.165, 1.54) is 21.4 Å². The Bertz CT molecular complexity index is 1260. The third kappa shape index (κ3) is 4.61. The molecule has 2 heterocycles. The molecule has 0 aliphatic heterocycles. The highest BCUT2D eigenvalue weighted by Crippen LogP contribution is 2.24. The Labute approximate surface area is 181 Å². The van der Waals surface area contributed by atoms with Gasteiger partial charge in [-0.1, -0.05) is 30.3 Å². The number of pyridine rings is 1. The summed E-state index contributed by atoms with van der Waals surface area (Å²) in [5.41, 5.74) is 1.97. The lowest BCUT2D eigenvalue weighted by Crippen LogP contribution is -2.22. The van der Waals surface area contributed by atoms with E-state index in [0.29, 0.717) is 35.8 Å². The molecule has 0 unspecified atom stereocenters. The lowest BCUT2D eigenvalue weighted by molar-refractivity contribution is -0.153. The van der Waals surface area contributed by atoms with Crippen molar-refractivity contribution in [3.8, 4) is 17.2 Å². The average Bonchev–Trinajstić information content (AvgIpc) is 3.07. The molecule has 0 bridgehead atoms. The van der Waals surface area contributed by atoms with E-state index < -0.39 is 12.8 Å². The second-order valence-electron chi connectivity index (χ2n) is 7.05. The molecule has 0 saturated carbocycles. The molecule has 2 aromatic carbocycles. The van der Waals surface area contributed by atoms with E-state index in [9.17, 15) is 18.0 Å². The zero-order chi connectivity index (χ0) is 22.7. The normalized spacial score (nSPS) is 11.6. The predicted molar refractivity (Wildman–Crippen MR) is 113 cm³/mol. The van der Waals surface area contributed by atoms with Gasteiger partial charge in [0.05, 0.1) is 17.4 Å². The van der Waals surface area contributed by atoms with E-state index in [2.05, 4.69) is 4.98 Å².